The number of hydrogen-bond acceptors (Lipinski definition) is 5. The maximum absolute atomic E-state index is 5.67. The highest BCUT2D eigenvalue weighted by Gasteiger charge is 2.20. The Bertz CT molecular complexity index is 355. The van der Waals surface area contributed by atoms with E-state index in [4.69, 9.17) is 5.73 Å². The molecule has 1 fully saturated rings. The Labute approximate surface area is 109 Å². The van der Waals surface area contributed by atoms with Gasteiger partial charge in [0.25, 0.3) is 0 Å². The first kappa shape index (κ1) is 13.3. The Kier molecular flexibility index (Phi) is 4.54. The summed E-state index contributed by atoms with van der Waals surface area (Å²) in [6, 6.07) is 0. The van der Waals surface area contributed by atoms with Crippen molar-refractivity contribution in [1.29, 1.82) is 0 Å². The van der Waals surface area contributed by atoms with E-state index in [0.29, 0.717) is 5.92 Å². The van der Waals surface area contributed by atoms with Gasteiger partial charge in [-0.25, -0.2) is 4.68 Å². The third-order valence-corrected chi connectivity index (χ3v) is 3.57. The smallest absolute Gasteiger partial charge is 0.147 e. The molecule has 1 aromatic heterocycles. The Morgan fingerprint density at radius 1 is 1.33 bits per heavy atom. The molecule has 0 aliphatic carbocycles. The maximum Gasteiger partial charge on any atom is 0.147 e. The van der Waals surface area contributed by atoms with Crippen LogP contribution in [-0.2, 0) is 6.54 Å². The summed E-state index contributed by atoms with van der Waals surface area (Å²) in [7, 11) is 0. The molecular formula is C12H24N6. The topological polar surface area (TPSA) is 63.2 Å². The lowest BCUT2D eigenvalue weighted by Gasteiger charge is -2.36. The molecule has 0 saturated carbocycles. The largest absolute Gasteiger partial charge is 0.353 e. The van der Waals surface area contributed by atoms with E-state index in [1.54, 1.807) is 0 Å². The molecule has 1 aromatic rings. The minimum atomic E-state index is 0.583. The highest BCUT2D eigenvalue weighted by atomic mass is 15.5. The molecular weight excluding hydrogens is 228 g/mol. The minimum Gasteiger partial charge on any atom is -0.353 e. The SMILES string of the molecule is CCn1nncc1N1CCN(CC(C)CN)CC1. The van der Waals surface area contributed by atoms with Crippen LogP contribution in [0.3, 0.4) is 0 Å². The van der Waals surface area contributed by atoms with Crippen LogP contribution in [0.15, 0.2) is 6.20 Å². The van der Waals surface area contributed by atoms with Gasteiger partial charge >= 0.3 is 0 Å². The van der Waals surface area contributed by atoms with Gasteiger partial charge in [-0.05, 0) is 19.4 Å². The van der Waals surface area contributed by atoms with Crippen LogP contribution in [0.1, 0.15) is 13.8 Å². The second-order valence-electron chi connectivity index (χ2n) is 5.04. The Morgan fingerprint density at radius 3 is 2.67 bits per heavy atom. The molecule has 0 bridgehead atoms. The van der Waals surface area contributed by atoms with E-state index in [-0.39, 0.29) is 0 Å². The fraction of sp³-hybridized carbons (Fsp3) is 0.833. The molecule has 1 unspecified atom stereocenters. The minimum absolute atomic E-state index is 0.583. The van der Waals surface area contributed by atoms with Crippen molar-refractivity contribution >= 4 is 5.82 Å². The first-order valence-electron chi connectivity index (χ1n) is 6.80. The molecule has 18 heavy (non-hydrogen) atoms. The van der Waals surface area contributed by atoms with Crippen molar-refractivity contribution in [2.24, 2.45) is 11.7 Å². The molecule has 2 rings (SSSR count). The number of nitrogens with two attached hydrogens (primary N) is 1. The van der Waals surface area contributed by atoms with Crippen LogP contribution in [0.2, 0.25) is 0 Å². The van der Waals surface area contributed by atoms with Gasteiger partial charge in [-0.1, -0.05) is 12.1 Å². The van der Waals surface area contributed by atoms with E-state index >= 15 is 0 Å². The molecule has 0 amide bonds. The van der Waals surface area contributed by atoms with Crippen molar-refractivity contribution in [2.75, 3.05) is 44.2 Å². The van der Waals surface area contributed by atoms with Crippen molar-refractivity contribution < 1.29 is 0 Å². The highest BCUT2D eigenvalue weighted by molar-refractivity contribution is 5.36. The predicted molar refractivity (Wildman–Crippen MR) is 72.6 cm³/mol. The summed E-state index contributed by atoms with van der Waals surface area (Å²) in [5.41, 5.74) is 5.67. The fourth-order valence-electron chi connectivity index (χ4n) is 2.40. The number of piperazine rings is 1. The van der Waals surface area contributed by atoms with Gasteiger partial charge in [0.1, 0.15) is 5.82 Å². The summed E-state index contributed by atoms with van der Waals surface area (Å²) >= 11 is 0. The molecule has 6 heteroatoms. The van der Waals surface area contributed by atoms with Crippen LogP contribution >= 0.6 is 0 Å². The Hall–Kier alpha value is -1.14. The molecule has 0 spiro atoms. The van der Waals surface area contributed by atoms with Gasteiger partial charge < -0.3 is 10.6 Å². The number of nitrogens with zero attached hydrogens (tertiary/aromatic N) is 5. The molecule has 6 nitrogen and oxygen atoms in total. The predicted octanol–water partition coefficient (Wildman–Crippen LogP) is 0.0148. The average Bonchev–Trinajstić information content (AvgIpc) is 2.87. The number of aromatic nitrogens is 3. The summed E-state index contributed by atoms with van der Waals surface area (Å²) in [6.45, 7) is 11.3. The standard InChI is InChI=1S/C12H24N6/c1-3-18-12(9-14-15-18)17-6-4-16(5-7-17)10-11(2)8-13/h9,11H,3-8,10,13H2,1-2H3. The quantitative estimate of drug-likeness (QED) is 0.800. The Balaban J connectivity index is 1.87. The molecule has 2 N–H and O–H groups in total. The number of hydrogen-bond donors (Lipinski definition) is 1. The lowest BCUT2D eigenvalue weighted by atomic mass is 10.1. The van der Waals surface area contributed by atoms with Gasteiger partial charge in [-0.15, -0.1) is 5.10 Å². The van der Waals surface area contributed by atoms with E-state index in [0.717, 1.165) is 51.6 Å². The third-order valence-electron chi connectivity index (χ3n) is 3.57. The zero-order valence-electron chi connectivity index (χ0n) is 11.4. The molecule has 1 saturated heterocycles. The van der Waals surface area contributed by atoms with E-state index in [1.165, 1.54) is 0 Å². The van der Waals surface area contributed by atoms with Crippen LogP contribution in [0.25, 0.3) is 0 Å². The lowest BCUT2D eigenvalue weighted by molar-refractivity contribution is 0.226. The molecule has 1 atom stereocenters. The molecule has 102 valence electrons. The normalized spacial score (nSPS) is 19.2. The monoisotopic (exact) mass is 252 g/mol. The summed E-state index contributed by atoms with van der Waals surface area (Å²) in [5, 5.41) is 8.08. The summed E-state index contributed by atoms with van der Waals surface area (Å²) in [6.07, 6.45) is 1.86. The third kappa shape index (κ3) is 3.00. The first-order valence-corrected chi connectivity index (χ1v) is 6.80. The molecule has 1 aliphatic rings. The number of anilines is 1. The first-order chi connectivity index (χ1) is 8.74. The van der Waals surface area contributed by atoms with Crippen LogP contribution < -0.4 is 10.6 Å². The van der Waals surface area contributed by atoms with Crippen LogP contribution in [0.5, 0.6) is 0 Å². The summed E-state index contributed by atoms with van der Waals surface area (Å²) < 4.78 is 1.96. The summed E-state index contributed by atoms with van der Waals surface area (Å²) in [4.78, 5) is 4.86. The van der Waals surface area contributed by atoms with Crippen molar-refractivity contribution in [3.8, 4) is 0 Å². The number of rotatable bonds is 5. The van der Waals surface area contributed by atoms with Gasteiger partial charge in [0.15, 0.2) is 0 Å². The van der Waals surface area contributed by atoms with Gasteiger partial charge in [-0.3, -0.25) is 4.90 Å². The zero-order chi connectivity index (χ0) is 13.0. The van der Waals surface area contributed by atoms with E-state index in [1.807, 2.05) is 10.9 Å². The van der Waals surface area contributed by atoms with Gasteiger partial charge in [-0.2, -0.15) is 0 Å². The van der Waals surface area contributed by atoms with Gasteiger partial charge in [0.05, 0.1) is 6.20 Å². The van der Waals surface area contributed by atoms with Crippen LogP contribution in [0, 0.1) is 5.92 Å². The van der Waals surface area contributed by atoms with E-state index < -0.39 is 0 Å². The van der Waals surface area contributed by atoms with Crippen LogP contribution in [-0.4, -0.2) is 59.2 Å². The molecule has 0 aromatic carbocycles. The fourth-order valence-corrected chi connectivity index (χ4v) is 2.40. The zero-order valence-corrected chi connectivity index (χ0v) is 11.4. The highest BCUT2D eigenvalue weighted by Crippen LogP contribution is 2.15. The Morgan fingerprint density at radius 2 is 2.06 bits per heavy atom. The second-order valence-corrected chi connectivity index (χ2v) is 5.04. The van der Waals surface area contributed by atoms with Crippen molar-refractivity contribution in [1.82, 2.24) is 19.9 Å². The van der Waals surface area contributed by atoms with E-state index in [2.05, 4.69) is 34.0 Å². The summed E-state index contributed by atoms with van der Waals surface area (Å²) in [5.74, 6) is 1.73. The lowest BCUT2D eigenvalue weighted by Crippen LogP contribution is -2.48. The molecule has 2 heterocycles. The average molecular weight is 252 g/mol. The van der Waals surface area contributed by atoms with Crippen molar-refractivity contribution in [2.45, 2.75) is 20.4 Å². The second kappa shape index (κ2) is 6.15. The van der Waals surface area contributed by atoms with Gasteiger partial charge in [0.2, 0.25) is 0 Å². The van der Waals surface area contributed by atoms with Crippen molar-refractivity contribution in [3.63, 3.8) is 0 Å². The maximum atomic E-state index is 5.67. The van der Waals surface area contributed by atoms with Crippen molar-refractivity contribution in [3.05, 3.63) is 6.20 Å². The van der Waals surface area contributed by atoms with Crippen LogP contribution in [0.4, 0.5) is 5.82 Å². The molecule has 0 radical (unpaired) electrons. The number of aryl methyl sites for hydroxylation is 1. The van der Waals surface area contributed by atoms with E-state index in [9.17, 15) is 0 Å². The molecule has 1 aliphatic heterocycles. The van der Waals surface area contributed by atoms with Gasteiger partial charge in [0, 0.05) is 39.3 Å².